The lowest BCUT2D eigenvalue weighted by Crippen LogP contribution is -1.94. The molecule has 43 heavy (non-hydrogen) atoms. The predicted octanol–water partition coefficient (Wildman–Crippen LogP) is 11.1. The molecule has 0 spiro atoms. The van der Waals surface area contributed by atoms with Gasteiger partial charge < -0.3 is 8.98 Å². The third kappa shape index (κ3) is 3.29. The fraction of sp³-hybridized carbons (Fsp3) is 0. The van der Waals surface area contributed by atoms with Gasteiger partial charge in [-0.25, -0.2) is 4.85 Å². The topological polar surface area (TPSA) is 46.2 Å². The molecule has 0 unspecified atom stereocenters. The lowest BCUT2D eigenvalue weighted by molar-refractivity contribution is 0.668. The van der Waals surface area contributed by atoms with Gasteiger partial charge in [-0.3, -0.25) is 0 Å². The van der Waals surface area contributed by atoms with E-state index in [0.29, 0.717) is 16.8 Å². The van der Waals surface area contributed by atoms with E-state index in [0.717, 1.165) is 55.0 Å². The number of fused-ring (bicyclic) bond motifs is 9. The minimum absolute atomic E-state index is 0.490. The highest BCUT2D eigenvalue weighted by Gasteiger charge is 2.21. The Kier molecular flexibility index (Phi) is 4.87. The van der Waals surface area contributed by atoms with Crippen LogP contribution >= 0.6 is 11.3 Å². The number of rotatable bonds is 2. The molecule has 0 aliphatic rings. The van der Waals surface area contributed by atoms with Crippen LogP contribution in [0, 0.1) is 17.9 Å². The number of benzene rings is 6. The van der Waals surface area contributed by atoms with E-state index in [9.17, 15) is 5.26 Å². The molecule has 9 aromatic rings. The second-order valence-electron chi connectivity index (χ2n) is 10.7. The van der Waals surface area contributed by atoms with Crippen LogP contribution in [0.1, 0.15) is 5.56 Å². The van der Waals surface area contributed by atoms with Gasteiger partial charge >= 0.3 is 0 Å². The van der Waals surface area contributed by atoms with Crippen molar-refractivity contribution in [3.63, 3.8) is 0 Å². The quantitative estimate of drug-likeness (QED) is 0.196. The SMILES string of the molecule is [C-]#[N+]c1ccc(-c2ccc3c(c2)sc2ccccc23)c2c1oc1c(-n3c4ccccc4c4cc(C#N)ccc43)cccc12. The van der Waals surface area contributed by atoms with E-state index in [-0.39, 0.29) is 0 Å². The Labute approximate surface area is 249 Å². The van der Waals surface area contributed by atoms with Gasteiger partial charge in [0.1, 0.15) is 5.58 Å². The summed E-state index contributed by atoms with van der Waals surface area (Å²) in [5, 5.41) is 16.1. The Balaban J connectivity index is 1.36. The first-order chi connectivity index (χ1) is 21.2. The number of nitrogens with zero attached hydrogens (tertiary/aromatic N) is 3. The molecule has 0 bridgehead atoms. The molecule has 0 fully saturated rings. The van der Waals surface area contributed by atoms with Crippen LogP contribution in [0.15, 0.2) is 120 Å². The van der Waals surface area contributed by atoms with Gasteiger partial charge in [-0.2, -0.15) is 5.26 Å². The van der Waals surface area contributed by atoms with E-state index in [1.54, 1.807) is 11.3 Å². The number of nitriles is 1. The monoisotopic (exact) mass is 565 g/mol. The van der Waals surface area contributed by atoms with E-state index in [4.69, 9.17) is 11.0 Å². The van der Waals surface area contributed by atoms with Gasteiger partial charge in [0.15, 0.2) is 5.58 Å². The van der Waals surface area contributed by atoms with Crippen molar-refractivity contribution < 1.29 is 4.42 Å². The van der Waals surface area contributed by atoms with Crippen LogP contribution in [0.25, 0.3) is 85.6 Å². The van der Waals surface area contributed by atoms with Gasteiger partial charge in [0, 0.05) is 41.7 Å². The van der Waals surface area contributed by atoms with Crippen molar-refractivity contribution in [3.05, 3.63) is 132 Å². The Bertz CT molecular complexity index is 2710. The van der Waals surface area contributed by atoms with Crippen molar-refractivity contribution in [1.29, 1.82) is 5.26 Å². The second kappa shape index (κ2) is 8.81. The molecular weight excluding hydrogens is 547 g/mol. The summed E-state index contributed by atoms with van der Waals surface area (Å²) in [5.74, 6) is 0. The minimum Gasteiger partial charge on any atom is -0.465 e. The molecule has 0 saturated carbocycles. The van der Waals surface area contributed by atoms with Gasteiger partial charge in [-0.1, -0.05) is 72.8 Å². The largest absolute Gasteiger partial charge is 0.465 e. The summed E-state index contributed by atoms with van der Waals surface area (Å²) in [6.45, 7) is 7.93. The molecular formula is C38H19N3OS. The van der Waals surface area contributed by atoms with E-state index in [1.807, 2.05) is 36.4 Å². The van der Waals surface area contributed by atoms with Crippen molar-refractivity contribution in [3.8, 4) is 22.9 Å². The lowest BCUT2D eigenvalue weighted by Gasteiger charge is -2.09. The Morgan fingerprint density at radius 2 is 1.47 bits per heavy atom. The molecule has 0 N–H and O–H groups in total. The van der Waals surface area contributed by atoms with Crippen molar-refractivity contribution >= 4 is 80.9 Å². The summed E-state index contributed by atoms with van der Waals surface area (Å²) in [5.41, 5.74) is 7.49. The average molecular weight is 566 g/mol. The first-order valence-corrected chi connectivity index (χ1v) is 14.8. The maximum Gasteiger partial charge on any atom is 0.229 e. The number of furan rings is 1. The molecule has 0 radical (unpaired) electrons. The second-order valence-corrected chi connectivity index (χ2v) is 11.8. The standard InChI is InChI=1S/C38H19N3OS/c1-40-30-17-16-24(23-14-15-27-26-8-3-5-12-34(26)43-35(27)20-23)36-28-9-6-11-33(37(28)42-38(30)36)41-31-10-4-2-7-25(31)29-19-22(21-39)13-18-32(29)41/h2-20H. The summed E-state index contributed by atoms with van der Waals surface area (Å²) < 4.78 is 11.4. The van der Waals surface area contributed by atoms with Crippen molar-refractivity contribution in [2.24, 2.45) is 0 Å². The Morgan fingerprint density at radius 3 is 2.35 bits per heavy atom. The Morgan fingerprint density at radius 1 is 0.674 bits per heavy atom. The van der Waals surface area contributed by atoms with Gasteiger partial charge in [0.25, 0.3) is 0 Å². The molecule has 3 aromatic heterocycles. The molecule has 9 rings (SSSR count). The van der Waals surface area contributed by atoms with Crippen LogP contribution in [0.2, 0.25) is 0 Å². The van der Waals surface area contributed by atoms with E-state index < -0.39 is 0 Å². The van der Waals surface area contributed by atoms with Crippen LogP contribution in [-0.2, 0) is 0 Å². The molecule has 0 atom stereocenters. The highest BCUT2D eigenvalue weighted by Crippen LogP contribution is 2.45. The fourth-order valence-corrected chi connectivity index (χ4v) is 7.72. The van der Waals surface area contributed by atoms with Crippen molar-refractivity contribution in [2.75, 3.05) is 0 Å². The fourth-order valence-electron chi connectivity index (χ4n) is 6.57. The molecule has 0 aliphatic carbocycles. The molecule has 5 heteroatoms. The molecule has 0 amide bonds. The molecule has 6 aromatic carbocycles. The summed E-state index contributed by atoms with van der Waals surface area (Å²) in [6, 6.07) is 41.6. The molecule has 4 nitrogen and oxygen atoms in total. The highest BCUT2D eigenvalue weighted by atomic mass is 32.1. The molecule has 3 heterocycles. The molecule has 0 aliphatic heterocycles. The van der Waals surface area contributed by atoms with Crippen LogP contribution in [-0.4, -0.2) is 4.57 Å². The maximum atomic E-state index is 9.58. The predicted molar refractivity (Wildman–Crippen MR) is 177 cm³/mol. The van der Waals surface area contributed by atoms with E-state index in [2.05, 4.69) is 94.3 Å². The average Bonchev–Trinajstić information content (AvgIpc) is 3.73. The summed E-state index contributed by atoms with van der Waals surface area (Å²) in [6.07, 6.45) is 0. The van der Waals surface area contributed by atoms with Gasteiger partial charge in [0.05, 0.1) is 34.9 Å². The van der Waals surface area contributed by atoms with Crippen LogP contribution in [0.5, 0.6) is 0 Å². The maximum absolute atomic E-state index is 9.58. The van der Waals surface area contributed by atoms with Crippen LogP contribution in [0.4, 0.5) is 5.69 Å². The summed E-state index contributed by atoms with van der Waals surface area (Å²) in [7, 11) is 0. The van der Waals surface area contributed by atoms with E-state index >= 15 is 0 Å². The van der Waals surface area contributed by atoms with Gasteiger partial charge in [-0.15, -0.1) is 11.3 Å². The first-order valence-electron chi connectivity index (χ1n) is 13.9. The van der Waals surface area contributed by atoms with Crippen molar-refractivity contribution in [1.82, 2.24) is 4.57 Å². The number of hydrogen-bond acceptors (Lipinski definition) is 3. The third-order valence-corrected chi connectivity index (χ3v) is 9.59. The zero-order valence-corrected chi connectivity index (χ0v) is 23.4. The summed E-state index contributed by atoms with van der Waals surface area (Å²) >= 11 is 1.80. The summed E-state index contributed by atoms with van der Waals surface area (Å²) in [4.78, 5) is 3.84. The van der Waals surface area contributed by atoms with Gasteiger partial charge in [-0.05, 0) is 53.6 Å². The first kappa shape index (κ1) is 23.8. The lowest BCUT2D eigenvalue weighted by atomic mass is 9.97. The van der Waals surface area contributed by atoms with E-state index in [1.165, 1.54) is 20.2 Å². The zero-order chi connectivity index (χ0) is 28.7. The minimum atomic E-state index is 0.490. The Hall–Kier alpha value is -5.88. The molecule has 198 valence electrons. The number of thiophene rings is 1. The smallest absolute Gasteiger partial charge is 0.229 e. The van der Waals surface area contributed by atoms with Crippen molar-refractivity contribution in [2.45, 2.75) is 0 Å². The molecule has 0 saturated heterocycles. The zero-order valence-electron chi connectivity index (χ0n) is 22.6. The third-order valence-electron chi connectivity index (χ3n) is 8.46. The highest BCUT2D eigenvalue weighted by molar-refractivity contribution is 7.25. The number of para-hydroxylation sites is 2. The van der Waals surface area contributed by atoms with Crippen LogP contribution < -0.4 is 0 Å². The number of hydrogen-bond donors (Lipinski definition) is 0. The van der Waals surface area contributed by atoms with Gasteiger partial charge in [0.2, 0.25) is 5.69 Å². The number of aromatic nitrogens is 1. The van der Waals surface area contributed by atoms with Crippen LogP contribution in [0.3, 0.4) is 0 Å². The normalized spacial score (nSPS) is 11.7.